The molecular weight excluding hydrogens is 1040 g/mol. The molecule has 11 heteroatoms. The summed E-state index contributed by atoms with van der Waals surface area (Å²) in [5, 5.41) is 57.1. The first-order valence-electron chi connectivity index (χ1n) is 34.0. The first-order chi connectivity index (χ1) is 40.7. The van der Waals surface area contributed by atoms with E-state index in [0.29, 0.717) is 12.8 Å². The van der Waals surface area contributed by atoms with Crippen LogP contribution in [-0.2, 0) is 23.8 Å². The van der Waals surface area contributed by atoms with Gasteiger partial charge < -0.3 is 45.1 Å². The van der Waals surface area contributed by atoms with E-state index in [1.54, 1.807) is 6.08 Å². The zero-order chi connectivity index (χ0) is 60.3. The zero-order valence-corrected chi connectivity index (χ0v) is 53.0. The van der Waals surface area contributed by atoms with Crippen molar-refractivity contribution in [3.8, 4) is 0 Å². The third kappa shape index (κ3) is 46.5. The van der Waals surface area contributed by atoms with Gasteiger partial charge in [-0.05, 0) is 103 Å². The van der Waals surface area contributed by atoms with Crippen LogP contribution in [0.1, 0.15) is 284 Å². The van der Waals surface area contributed by atoms with E-state index in [0.717, 1.165) is 128 Å². The highest BCUT2D eigenvalue weighted by Gasteiger charge is 2.47. The Labute approximate surface area is 507 Å². The number of amides is 1. The topological polar surface area (TPSA) is 175 Å². The molecule has 0 spiro atoms. The lowest BCUT2D eigenvalue weighted by atomic mass is 9.99. The average molecular weight is 1160 g/mol. The van der Waals surface area contributed by atoms with Gasteiger partial charge in [-0.15, -0.1) is 0 Å². The Bertz CT molecular complexity index is 1720. The van der Waals surface area contributed by atoms with Gasteiger partial charge >= 0.3 is 5.97 Å². The molecule has 0 aromatic rings. The van der Waals surface area contributed by atoms with Gasteiger partial charge in [0.2, 0.25) is 5.91 Å². The summed E-state index contributed by atoms with van der Waals surface area (Å²) >= 11 is 0. The van der Waals surface area contributed by atoms with Crippen LogP contribution >= 0.6 is 0 Å². The number of nitrogens with one attached hydrogen (secondary N) is 1. The van der Waals surface area contributed by atoms with E-state index in [9.17, 15) is 35.1 Å². The van der Waals surface area contributed by atoms with Gasteiger partial charge in [0.1, 0.15) is 24.4 Å². The van der Waals surface area contributed by atoms with E-state index in [-0.39, 0.29) is 19.4 Å². The van der Waals surface area contributed by atoms with Crippen LogP contribution in [0.4, 0.5) is 0 Å². The molecule has 0 radical (unpaired) electrons. The zero-order valence-electron chi connectivity index (χ0n) is 53.0. The van der Waals surface area contributed by atoms with Crippen molar-refractivity contribution in [3.05, 3.63) is 97.2 Å². The minimum atomic E-state index is -1.62. The van der Waals surface area contributed by atoms with Gasteiger partial charge in [0, 0.05) is 6.42 Å². The van der Waals surface area contributed by atoms with E-state index < -0.39 is 67.4 Å². The standard InChI is InChI=1S/C72H125NO10/c1-4-7-10-13-16-19-22-24-26-28-29-30-31-32-33-34-35-36-38-39-41-44-47-50-53-56-59-65(76)71(80)73-63(64(75)58-55-52-49-46-43-21-18-15-12-9-6-3)62-81-72-70(69(79)68(78)66(61-74)82-72)83-67(77)60-57-54-51-48-45-42-40-37-27-25-23-20-17-14-11-8-5-2/h7,10,16,19,24-27,29-30,32-33,35-36,55,58,63-66,68-70,72,74-76,78-79H,4-6,8-9,11-15,17-18,20-23,28,31,34,37-54,56-57,59-62H2,1-3H3,(H,73,80)/b10-7-,19-16-,26-24-,27-25+,30-29-,33-32-,36-35-,58-55+. The largest absolute Gasteiger partial charge is 0.454 e. The fraction of sp³-hybridized carbons (Fsp3) is 0.750. The molecule has 8 unspecified atom stereocenters. The van der Waals surface area contributed by atoms with Crippen LogP contribution in [0.5, 0.6) is 0 Å². The molecule has 1 saturated heterocycles. The highest BCUT2D eigenvalue weighted by molar-refractivity contribution is 5.80. The van der Waals surface area contributed by atoms with Crippen LogP contribution in [-0.4, -0.2) is 99.6 Å². The van der Waals surface area contributed by atoms with Crippen LogP contribution < -0.4 is 5.32 Å². The van der Waals surface area contributed by atoms with Crippen molar-refractivity contribution in [2.45, 2.75) is 333 Å². The maximum Gasteiger partial charge on any atom is 0.306 e. The fourth-order valence-electron chi connectivity index (χ4n) is 10.1. The molecule has 11 nitrogen and oxygen atoms in total. The molecule has 8 atom stereocenters. The van der Waals surface area contributed by atoms with Crippen LogP contribution in [0, 0.1) is 0 Å². The van der Waals surface area contributed by atoms with Gasteiger partial charge in [0.05, 0.1) is 25.4 Å². The summed E-state index contributed by atoms with van der Waals surface area (Å²) in [6.07, 6.45) is 68.7. The summed E-state index contributed by atoms with van der Waals surface area (Å²) in [6.45, 7) is 5.67. The summed E-state index contributed by atoms with van der Waals surface area (Å²) in [7, 11) is 0. The molecule has 0 aliphatic carbocycles. The van der Waals surface area contributed by atoms with Gasteiger partial charge in [0.15, 0.2) is 12.4 Å². The van der Waals surface area contributed by atoms with Gasteiger partial charge in [-0.25, -0.2) is 0 Å². The summed E-state index contributed by atoms with van der Waals surface area (Å²) in [5.41, 5.74) is 0. The monoisotopic (exact) mass is 1160 g/mol. The van der Waals surface area contributed by atoms with Crippen molar-refractivity contribution in [2.75, 3.05) is 13.2 Å². The smallest absolute Gasteiger partial charge is 0.306 e. The van der Waals surface area contributed by atoms with Crippen LogP contribution in [0.25, 0.3) is 0 Å². The normalized spacial score (nSPS) is 19.2. The quantitative estimate of drug-likeness (QED) is 0.0195. The number of rotatable bonds is 57. The Morgan fingerprint density at radius 1 is 0.482 bits per heavy atom. The maximum absolute atomic E-state index is 13.5. The minimum Gasteiger partial charge on any atom is -0.454 e. The summed E-state index contributed by atoms with van der Waals surface area (Å²) in [5.74, 6) is -1.21. The molecule has 0 bridgehead atoms. The van der Waals surface area contributed by atoms with Crippen molar-refractivity contribution in [3.63, 3.8) is 0 Å². The number of allylic oxidation sites excluding steroid dienone is 15. The van der Waals surface area contributed by atoms with Gasteiger partial charge in [0.25, 0.3) is 0 Å². The fourth-order valence-corrected chi connectivity index (χ4v) is 10.1. The van der Waals surface area contributed by atoms with Gasteiger partial charge in [-0.3, -0.25) is 9.59 Å². The second-order valence-corrected chi connectivity index (χ2v) is 23.2. The van der Waals surface area contributed by atoms with Crippen LogP contribution in [0.15, 0.2) is 97.2 Å². The molecule has 478 valence electrons. The predicted molar refractivity (Wildman–Crippen MR) is 347 cm³/mol. The molecule has 1 amide bonds. The lowest BCUT2D eigenvalue weighted by molar-refractivity contribution is -0.305. The molecule has 1 aliphatic rings. The molecular formula is C72H125NO10. The maximum atomic E-state index is 13.5. The van der Waals surface area contributed by atoms with E-state index in [4.69, 9.17) is 14.2 Å². The highest BCUT2D eigenvalue weighted by atomic mass is 16.7. The lowest BCUT2D eigenvalue weighted by Crippen LogP contribution is -2.61. The number of unbranched alkanes of at least 4 members (excludes halogenated alkanes) is 29. The third-order valence-corrected chi connectivity index (χ3v) is 15.5. The summed E-state index contributed by atoms with van der Waals surface area (Å²) in [6, 6.07) is -1.03. The molecule has 0 aromatic carbocycles. The molecule has 83 heavy (non-hydrogen) atoms. The third-order valence-electron chi connectivity index (χ3n) is 15.5. The molecule has 1 rings (SSSR count). The molecule has 1 fully saturated rings. The van der Waals surface area contributed by atoms with E-state index in [1.807, 2.05) is 6.08 Å². The number of carbonyl (C=O) groups is 2. The van der Waals surface area contributed by atoms with Gasteiger partial charge in [-0.1, -0.05) is 272 Å². The van der Waals surface area contributed by atoms with Crippen molar-refractivity contribution in [1.29, 1.82) is 0 Å². The van der Waals surface area contributed by atoms with E-state index in [2.05, 4.69) is 111 Å². The Balaban J connectivity index is 2.60. The molecule has 1 aliphatic heterocycles. The first kappa shape index (κ1) is 77.6. The van der Waals surface area contributed by atoms with Crippen molar-refractivity contribution in [1.82, 2.24) is 5.32 Å². The summed E-state index contributed by atoms with van der Waals surface area (Å²) < 4.78 is 17.6. The predicted octanol–water partition coefficient (Wildman–Crippen LogP) is 17.1. The number of ether oxygens (including phenoxy) is 3. The van der Waals surface area contributed by atoms with Crippen molar-refractivity contribution >= 4 is 11.9 Å². The molecule has 1 heterocycles. The Hall–Kier alpha value is -3.42. The number of aliphatic hydroxyl groups is 5. The average Bonchev–Trinajstić information content (AvgIpc) is 3.62. The second-order valence-electron chi connectivity index (χ2n) is 23.2. The number of carbonyl (C=O) groups excluding carboxylic acids is 2. The van der Waals surface area contributed by atoms with Crippen molar-refractivity contribution in [2.24, 2.45) is 0 Å². The number of hydrogen-bond acceptors (Lipinski definition) is 10. The van der Waals surface area contributed by atoms with Crippen LogP contribution in [0.3, 0.4) is 0 Å². The SMILES string of the molecule is CC/C=C\C/C=C\C/C=C\C/C=C\C/C=C\C/C=C\CCCCCCCCCC(O)C(=O)NC(COC1OC(CO)C(O)C(O)C1OC(=O)CCCCCCCCC/C=C/CCCCCCCC)C(O)/C=C/CCCCCCCCCCC. The van der Waals surface area contributed by atoms with Gasteiger partial charge in [-0.2, -0.15) is 0 Å². The van der Waals surface area contributed by atoms with Crippen LogP contribution in [0.2, 0.25) is 0 Å². The molecule has 0 aromatic heterocycles. The van der Waals surface area contributed by atoms with Crippen molar-refractivity contribution < 1.29 is 49.3 Å². The number of esters is 1. The Morgan fingerprint density at radius 2 is 0.867 bits per heavy atom. The Morgan fingerprint density at radius 3 is 1.31 bits per heavy atom. The lowest BCUT2D eigenvalue weighted by Gasteiger charge is -2.41. The number of aliphatic hydroxyl groups excluding tert-OH is 5. The van der Waals surface area contributed by atoms with E-state index in [1.165, 1.54) is 109 Å². The highest BCUT2D eigenvalue weighted by Crippen LogP contribution is 2.26. The summed E-state index contributed by atoms with van der Waals surface area (Å²) in [4.78, 5) is 26.6. The second kappa shape index (κ2) is 58.9. The Kier molecular flexibility index (Phi) is 55.1. The molecule has 0 saturated carbocycles. The first-order valence-corrected chi connectivity index (χ1v) is 34.0. The van der Waals surface area contributed by atoms with E-state index >= 15 is 0 Å². The molecule has 6 N–H and O–H groups in total. The number of hydrogen-bond donors (Lipinski definition) is 6. The minimum absolute atomic E-state index is 0.115.